The highest BCUT2D eigenvalue weighted by atomic mass is 19.1. The summed E-state index contributed by atoms with van der Waals surface area (Å²) in [5.41, 5.74) is 4.58. The van der Waals surface area contributed by atoms with Gasteiger partial charge in [0.05, 0.1) is 0 Å². The topological polar surface area (TPSA) is 0 Å². The Bertz CT molecular complexity index is 1120. The number of hydrogen-bond acceptors (Lipinski definition) is 0. The molecule has 0 nitrogen and oxygen atoms in total. The van der Waals surface area contributed by atoms with E-state index in [9.17, 15) is 4.39 Å². The van der Waals surface area contributed by atoms with E-state index in [-0.39, 0.29) is 11.6 Å². The molecule has 0 spiro atoms. The maximum absolute atomic E-state index is 15.1. The third kappa shape index (κ3) is 3.59. The molecule has 0 saturated heterocycles. The van der Waals surface area contributed by atoms with Crippen LogP contribution in [0.2, 0.25) is 0 Å². The van der Waals surface area contributed by atoms with Gasteiger partial charge in [0.25, 0.3) is 0 Å². The fourth-order valence-electron chi connectivity index (χ4n) is 3.46. The van der Waals surface area contributed by atoms with Crippen LogP contribution in [0.15, 0.2) is 91.5 Å². The van der Waals surface area contributed by atoms with Crippen molar-refractivity contribution in [1.29, 1.82) is 0 Å². The van der Waals surface area contributed by atoms with Crippen LogP contribution >= 0.6 is 0 Å². The summed E-state index contributed by atoms with van der Waals surface area (Å²) in [7, 11) is 0. The Hall–Kier alpha value is -3.26. The lowest BCUT2D eigenvalue weighted by Crippen LogP contribution is -1.89. The van der Waals surface area contributed by atoms with E-state index in [4.69, 9.17) is 0 Å². The van der Waals surface area contributed by atoms with E-state index in [1.807, 2.05) is 30.3 Å². The van der Waals surface area contributed by atoms with E-state index in [1.165, 1.54) is 17.7 Å². The summed E-state index contributed by atoms with van der Waals surface area (Å²) >= 11 is 0. The molecule has 0 aliphatic rings. The molecule has 0 aliphatic heterocycles. The van der Waals surface area contributed by atoms with Crippen molar-refractivity contribution < 1.29 is 8.78 Å². The minimum Gasteiger partial charge on any atom is -0.207 e. The van der Waals surface area contributed by atoms with Crippen molar-refractivity contribution in [3.05, 3.63) is 109 Å². The van der Waals surface area contributed by atoms with Crippen molar-refractivity contribution in [2.24, 2.45) is 0 Å². The second kappa shape index (κ2) is 7.77. The molecule has 0 fully saturated rings. The lowest BCUT2D eigenvalue weighted by atomic mass is 9.96. The summed E-state index contributed by atoms with van der Waals surface area (Å²) in [5.74, 6) is -0.611. The van der Waals surface area contributed by atoms with E-state index in [2.05, 4.69) is 30.8 Å². The number of fused-ring (bicyclic) bond motifs is 1. The minimum absolute atomic E-state index is 0.282. The van der Waals surface area contributed by atoms with E-state index in [0.29, 0.717) is 16.5 Å². The van der Waals surface area contributed by atoms with E-state index < -0.39 is 0 Å². The molecule has 2 heteroatoms. The fourth-order valence-corrected chi connectivity index (χ4v) is 3.46. The van der Waals surface area contributed by atoms with Gasteiger partial charge < -0.3 is 0 Å². The van der Waals surface area contributed by atoms with Gasteiger partial charge in [0.1, 0.15) is 11.6 Å². The molecule has 0 bridgehead atoms. The molecule has 0 atom stereocenters. The first-order chi connectivity index (χ1) is 13.7. The van der Waals surface area contributed by atoms with Crippen molar-refractivity contribution in [2.75, 3.05) is 0 Å². The Morgan fingerprint density at radius 1 is 0.714 bits per heavy atom. The largest absolute Gasteiger partial charge is 0.207 e. The summed E-state index contributed by atoms with van der Waals surface area (Å²) < 4.78 is 28.2. The van der Waals surface area contributed by atoms with Crippen LogP contribution in [0.3, 0.4) is 0 Å². The van der Waals surface area contributed by atoms with Gasteiger partial charge in [-0.25, -0.2) is 8.78 Å². The molecule has 0 amide bonds. The van der Waals surface area contributed by atoms with E-state index >= 15 is 4.39 Å². The molecule has 4 aromatic carbocycles. The molecule has 0 aliphatic carbocycles. The van der Waals surface area contributed by atoms with E-state index in [0.717, 1.165) is 29.4 Å². The zero-order valence-electron chi connectivity index (χ0n) is 15.5. The number of allylic oxidation sites excluding steroid dienone is 1. The van der Waals surface area contributed by atoms with E-state index in [1.54, 1.807) is 18.2 Å². The van der Waals surface area contributed by atoms with Crippen LogP contribution in [0, 0.1) is 11.6 Å². The zero-order valence-corrected chi connectivity index (χ0v) is 15.5. The van der Waals surface area contributed by atoms with Gasteiger partial charge in [0, 0.05) is 10.9 Å². The molecule has 0 heterocycles. The second-order valence-corrected chi connectivity index (χ2v) is 6.89. The van der Waals surface area contributed by atoms with Crippen LogP contribution in [0.4, 0.5) is 8.78 Å². The van der Waals surface area contributed by atoms with Gasteiger partial charge >= 0.3 is 0 Å². The van der Waals surface area contributed by atoms with Crippen LogP contribution < -0.4 is 0 Å². The third-order valence-electron chi connectivity index (χ3n) is 5.03. The van der Waals surface area contributed by atoms with Crippen molar-refractivity contribution in [3.63, 3.8) is 0 Å². The molecular formula is C26H20F2. The Labute approximate surface area is 163 Å². The maximum Gasteiger partial charge on any atom is 0.138 e. The normalized spacial score (nSPS) is 10.9. The number of benzene rings is 4. The summed E-state index contributed by atoms with van der Waals surface area (Å²) in [6, 6.07) is 23.8. The SMILES string of the molecule is C=CCCc1ccc(-c2ccc3c(F)c(-c4ccc(F)cc4)ccc3c2)cc1. The van der Waals surface area contributed by atoms with Crippen LogP contribution in [0.25, 0.3) is 33.0 Å². The standard InChI is InChI=1S/C26H20F2/c1-2-3-4-18-5-7-19(8-6-18)21-11-15-25-22(17-21)12-16-24(26(25)28)20-9-13-23(27)14-10-20/h2,5-17H,1,3-4H2. The van der Waals surface area contributed by atoms with Crippen molar-refractivity contribution in [2.45, 2.75) is 12.8 Å². The third-order valence-corrected chi connectivity index (χ3v) is 5.03. The molecule has 28 heavy (non-hydrogen) atoms. The molecular weight excluding hydrogens is 350 g/mol. The number of hydrogen-bond donors (Lipinski definition) is 0. The fraction of sp³-hybridized carbons (Fsp3) is 0.0769. The first-order valence-corrected chi connectivity index (χ1v) is 9.34. The Morgan fingerprint density at radius 3 is 2.11 bits per heavy atom. The lowest BCUT2D eigenvalue weighted by molar-refractivity contribution is 0.627. The van der Waals surface area contributed by atoms with Crippen LogP contribution in [-0.2, 0) is 6.42 Å². The summed E-state index contributed by atoms with van der Waals surface area (Å²) in [5, 5.41) is 1.41. The molecule has 0 unspecified atom stereocenters. The summed E-state index contributed by atoms with van der Waals surface area (Å²) in [6.07, 6.45) is 3.87. The average molecular weight is 370 g/mol. The Balaban J connectivity index is 1.69. The molecule has 0 N–H and O–H groups in total. The van der Waals surface area contributed by atoms with Crippen LogP contribution in [-0.4, -0.2) is 0 Å². The van der Waals surface area contributed by atoms with Gasteiger partial charge in [-0.2, -0.15) is 0 Å². The highest BCUT2D eigenvalue weighted by molar-refractivity contribution is 5.91. The molecule has 0 radical (unpaired) electrons. The van der Waals surface area contributed by atoms with Crippen molar-refractivity contribution in [1.82, 2.24) is 0 Å². The zero-order chi connectivity index (χ0) is 19.5. The first-order valence-electron chi connectivity index (χ1n) is 9.34. The number of aryl methyl sites for hydroxylation is 1. The molecule has 0 saturated carbocycles. The summed E-state index contributed by atoms with van der Waals surface area (Å²) in [4.78, 5) is 0. The molecule has 4 aromatic rings. The van der Waals surface area contributed by atoms with Gasteiger partial charge in [-0.15, -0.1) is 6.58 Å². The van der Waals surface area contributed by atoms with Gasteiger partial charge in [-0.1, -0.05) is 66.7 Å². The quantitative estimate of drug-likeness (QED) is 0.318. The van der Waals surface area contributed by atoms with Crippen molar-refractivity contribution >= 4 is 10.8 Å². The second-order valence-electron chi connectivity index (χ2n) is 6.89. The van der Waals surface area contributed by atoms with Crippen LogP contribution in [0.1, 0.15) is 12.0 Å². The predicted molar refractivity (Wildman–Crippen MR) is 113 cm³/mol. The number of rotatable bonds is 5. The van der Waals surface area contributed by atoms with Gasteiger partial charge in [0.2, 0.25) is 0 Å². The summed E-state index contributed by atoms with van der Waals surface area (Å²) in [6.45, 7) is 3.76. The van der Waals surface area contributed by atoms with Crippen molar-refractivity contribution in [3.8, 4) is 22.3 Å². The highest BCUT2D eigenvalue weighted by Gasteiger charge is 2.10. The number of halogens is 2. The molecule has 4 rings (SSSR count). The lowest BCUT2D eigenvalue weighted by Gasteiger charge is -2.10. The minimum atomic E-state index is -0.329. The first kappa shape index (κ1) is 18.1. The average Bonchev–Trinajstić information content (AvgIpc) is 2.73. The maximum atomic E-state index is 15.1. The molecule has 138 valence electrons. The Morgan fingerprint density at radius 2 is 1.39 bits per heavy atom. The molecule has 0 aromatic heterocycles. The smallest absolute Gasteiger partial charge is 0.138 e. The monoisotopic (exact) mass is 370 g/mol. The van der Waals surface area contributed by atoms with Gasteiger partial charge in [0.15, 0.2) is 0 Å². The Kier molecular flexibility index (Phi) is 5.03. The highest BCUT2D eigenvalue weighted by Crippen LogP contribution is 2.32. The predicted octanol–water partition coefficient (Wildman–Crippen LogP) is 7.57. The van der Waals surface area contributed by atoms with Gasteiger partial charge in [-0.3, -0.25) is 0 Å². The van der Waals surface area contributed by atoms with Gasteiger partial charge in [-0.05, 0) is 58.7 Å². The van der Waals surface area contributed by atoms with Crippen LogP contribution in [0.5, 0.6) is 0 Å².